The quantitative estimate of drug-likeness (QED) is 0.470. The number of rotatable bonds is 10. The number of carbonyl (C=O) groups excluding carboxylic acids is 1. The molecule has 0 fully saturated rings. The van der Waals surface area contributed by atoms with Crippen molar-refractivity contribution in [1.29, 1.82) is 0 Å². The highest BCUT2D eigenvalue weighted by atomic mass is 16.5. The third-order valence-electron chi connectivity index (χ3n) is 2.84. The van der Waals surface area contributed by atoms with Crippen molar-refractivity contribution in [2.45, 2.75) is 46.1 Å². The molecule has 0 aromatic rings. The Morgan fingerprint density at radius 3 is 2.53 bits per heavy atom. The van der Waals surface area contributed by atoms with E-state index in [1.54, 1.807) is 13.8 Å². The van der Waals surface area contributed by atoms with Gasteiger partial charge in [0.25, 0.3) is 0 Å². The lowest BCUT2D eigenvalue weighted by atomic mass is 10.0. The molecule has 0 rings (SSSR count). The summed E-state index contributed by atoms with van der Waals surface area (Å²) in [6.07, 6.45) is 1.97. The van der Waals surface area contributed by atoms with Crippen LogP contribution in [-0.2, 0) is 14.3 Å². The number of nitrogens with one attached hydrogen (secondary N) is 1. The maximum Gasteiger partial charge on any atom is 0.306 e. The molecule has 2 unspecified atom stereocenters. The van der Waals surface area contributed by atoms with E-state index >= 15 is 0 Å². The summed E-state index contributed by atoms with van der Waals surface area (Å²) in [6, 6.07) is 0. The molecule has 0 aliphatic heterocycles. The summed E-state index contributed by atoms with van der Waals surface area (Å²) in [7, 11) is 0. The number of carboxylic acids is 1. The average Bonchev–Trinajstić information content (AvgIpc) is 2.35. The highest BCUT2D eigenvalue weighted by molar-refractivity contribution is 5.91. The van der Waals surface area contributed by atoms with Gasteiger partial charge in [-0.3, -0.25) is 9.59 Å². The Kier molecular flexibility index (Phi) is 8.87. The second-order valence-corrected chi connectivity index (χ2v) is 4.77. The van der Waals surface area contributed by atoms with Crippen molar-refractivity contribution in [3.05, 3.63) is 12.2 Å². The average molecular weight is 271 g/mol. The predicted molar refractivity (Wildman–Crippen MR) is 73.9 cm³/mol. The molecule has 1 amide bonds. The zero-order valence-corrected chi connectivity index (χ0v) is 12.1. The molecule has 0 saturated carbocycles. The van der Waals surface area contributed by atoms with Crippen LogP contribution in [0.2, 0.25) is 0 Å². The number of ether oxygens (including phenoxy) is 1. The first-order valence-corrected chi connectivity index (χ1v) is 6.66. The summed E-state index contributed by atoms with van der Waals surface area (Å²) >= 11 is 0. The molecule has 0 aliphatic rings. The van der Waals surface area contributed by atoms with Gasteiger partial charge in [0, 0.05) is 18.7 Å². The van der Waals surface area contributed by atoms with Gasteiger partial charge in [-0.2, -0.15) is 0 Å². The van der Waals surface area contributed by atoms with E-state index in [0.29, 0.717) is 31.6 Å². The summed E-state index contributed by atoms with van der Waals surface area (Å²) in [5, 5.41) is 11.6. The molecular weight excluding hydrogens is 246 g/mol. The summed E-state index contributed by atoms with van der Waals surface area (Å²) in [6.45, 7) is 9.91. The third kappa shape index (κ3) is 8.37. The Balaban J connectivity index is 3.76. The van der Waals surface area contributed by atoms with Crippen molar-refractivity contribution < 1.29 is 19.4 Å². The Hall–Kier alpha value is -1.36. The van der Waals surface area contributed by atoms with Gasteiger partial charge in [-0.15, -0.1) is 0 Å². The van der Waals surface area contributed by atoms with Gasteiger partial charge >= 0.3 is 5.97 Å². The van der Waals surface area contributed by atoms with Gasteiger partial charge in [0.05, 0.1) is 12.0 Å². The molecule has 0 aromatic carbocycles. The van der Waals surface area contributed by atoms with Gasteiger partial charge in [0.15, 0.2) is 0 Å². The zero-order chi connectivity index (χ0) is 14.8. The molecule has 0 aliphatic carbocycles. The fourth-order valence-electron chi connectivity index (χ4n) is 1.52. The van der Waals surface area contributed by atoms with Crippen molar-refractivity contribution in [2.75, 3.05) is 13.2 Å². The Morgan fingerprint density at radius 1 is 1.42 bits per heavy atom. The number of hydrogen-bond donors (Lipinski definition) is 2. The molecule has 2 atom stereocenters. The minimum absolute atomic E-state index is 0.0389. The molecule has 0 radical (unpaired) electrons. The van der Waals surface area contributed by atoms with Gasteiger partial charge in [-0.05, 0) is 26.2 Å². The predicted octanol–water partition coefficient (Wildman–Crippen LogP) is 1.97. The lowest BCUT2D eigenvalue weighted by Crippen LogP contribution is -2.26. The van der Waals surface area contributed by atoms with E-state index < -0.39 is 11.9 Å². The van der Waals surface area contributed by atoms with Crippen LogP contribution >= 0.6 is 0 Å². The number of hydrogen-bond acceptors (Lipinski definition) is 3. The summed E-state index contributed by atoms with van der Waals surface area (Å²) < 4.78 is 5.62. The van der Waals surface area contributed by atoms with Crippen LogP contribution in [0.5, 0.6) is 0 Å². The number of carboxylic acid groups (broad SMARTS) is 1. The van der Waals surface area contributed by atoms with Crippen molar-refractivity contribution in [2.24, 2.45) is 5.92 Å². The van der Waals surface area contributed by atoms with Crippen molar-refractivity contribution in [1.82, 2.24) is 5.32 Å². The van der Waals surface area contributed by atoms with Gasteiger partial charge in [-0.1, -0.05) is 20.4 Å². The lowest BCUT2D eigenvalue weighted by molar-refractivity contribution is -0.142. The third-order valence-corrected chi connectivity index (χ3v) is 2.84. The summed E-state index contributed by atoms with van der Waals surface area (Å²) in [5.41, 5.74) is 0.489. The first-order valence-electron chi connectivity index (χ1n) is 6.66. The van der Waals surface area contributed by atoms with Crippen LogP contribution in [0.25, 0.3) is 0 Å². The topological polar surface area (TPSA) is 75.6 Å². The fourth-order valence-corrected chi connectivity index (χ4v) is 1.52. The number of aliphatic carboxylic acids is 1. The lowest BCUT2D eigenvalue weighted by Gasteiger charge is -2.18. The molecule has 2 N–H and O–H groups in total. The number of carbonyl (C=O) groups is 2. The van der Waals surface area contributed by atoms with E-state index in [9.17, 15) is 9.59 Å². The number of amides is 1. The van der Waals surface area contributed by atoms with E-state index in [0.717, 1.165) is 6.42 Å². The van der Waals surface area contributed by atoms with Gasteiger partial charge in [0.2, 0.25) is 5.91 Å². The molecule has 19 heavy (non-hydrogen) atoms. The molecular formula is C14H25NO4. The SMILES string of the molecule is C=C(C)C(=O)NCCCOC(CC)CC(C)C(=O)O. The summed E-state index contributed by atoms with van der Waals surface area (Å²) in [5.74, 6) is -1.34. The van der Waals surface area contributed by atoms with Crippen LogP contribution in [0.3, 0.4) is 0 Å². The Bertz CT molecular complexity index is 315. The Morgan fingerprint density at radius 2 is 2.05 bits per heavy atom. The summed E-state index contributed by atoms with van der Waals surface area (Å²) in [4.78, 5) is 22.0. The largest absolute Gasteiger partial charge is 0.481 e. The first-order chi connectivity index (χ1) is 8.88. The van der Waals surface area contributed by atoms with E-state index in [1.807, 2.05) is 6.92 Å². The first kappa shape index (κ1) is 17.6. The van der Waals surface area contributed by atoms with Crippen LogP contribution in [0, 0.1) is 5.92 Å². The minimum atomic E-state index is -0.796. The highest BCUT2D eigenvalue weighted by Crippen LogP contribution is 2.12. The van der Waals surface area contributed by atoms with Crippen LogP contribution in [0.1, 0.15) is 40.0 Å². The maximum absolute atomic E-state index is 11.2. The fraction of sp³-hybridized carbons (Fsp3) is 0.714. The van der Waals surface area contributed by atoms with Crippen LogP contribution < -0.4 is 5.32 Å². The van der Waals surface area contributed by atoms with Crippen LogP contribution in [0.4, 0.5) is 0 Å². The molecule has 0 bridgehead atoms. The highest BCUT2D eigenvalue weighted by Gasteiger charge is 2.17. The van der Waals surface area contributed by atoms with Crippen molar-refractivity contribution >= 4 is 11.9 Å². The Labute approximate surface area is 115 Å². The van der Waals surface area contributed by atoms with E-state index in [2.05, 4.69) is 11.9 Å². The van der Waals surface area contributed by atoms with Crippen LogP contribution in [-0.4, -0.2) is 36.2 Å². The normalized spacial score (nSPS) is 13.6. The van der Waals surface area contributed by atoms with Gasteiger partial charge in [0.1, 0.15) is 0 Å². The van der Waals surface area contributed by atoms with E-state index in [4.69, 9.17) is 9.84 Å². The van der Waals surface area contributed by atoms with Gasteiger partial charge in [-0.25, -0.2) is 0 Å². The molecule has 110 valence electrons. The maximum atomic E-state index is 11.2. The van der Waals surface area contributed by atoms with Crippen molar-refractivity contribution in [3.63, 3.8) is 0 Å². The van der Waals surface area contributed by atoms with E-state index in [-0.39, 0.29) is 12.0 Å². The monoisotopic (exact) mass is 271 g/mol. The molecule has 0 aromatic heterocycles. The van der Waals surface area contributed by atoms with Crippen LogP contribution in [0.15, 0.2) is 12.2 Å². The molecule has 0 heterocycles. The second kappa shape index (κ2) is 9.55. The molecule has 0 spiro atoms. The smallest absolute Gasteiger partial charge is 0.306 e. The molecule has 0 saturated heterocycles. The standard InChI is InChI=1S/C14H25NO4/c1-5-12(9-11(4)14(17)18)19-8-6-7-15-13(16)10(2)3/h11-12H,2,5-9H2,1,3-4H3,(H,15,16)(H,17,18). The van der Waals surface area contributed by atoms with E-state index in [1.165, 1.54) is 0 Å². The van der Waals surface area contributed by atoms with Gasteiger partial charge < -0.3 is 15.2 Å². The molecule has 5 nitrogen and oxygen atoms in total. The zero-order valence-electron chi connectivity index (χ0n) is 12.1. The minimum Gasteiger partial charge on any atom is -0.481 e. The molecule has 5 heteroatoms. The van der Waals surface area contributed by atoms with Crippen molar-refractivity contribution in [3.8, 4) is 0 Å². The second-order valence-electron chi connectivity index (χ2n) is 4.77.